The van der Waals surface area contributed by atoms with Gasteiger partial charge in [0, 0.05) is 38.5 Å². The number of methoxy groups -OCH3 is 1. The molecular weight excluding hydrogens is 342 g/mol. The van der Waals surface area contributed by atoms with Crippen LogP contribution in [0.15, 0.2) is 48.5 Å². The van der Waals surface area contributed by atoms with Gasteiger partial charge in [0.15, 0.2) is 0 Å². The first-order valence-corrected chi connectivity index (χ1v) is 9.13. The number of fused-ring (bicyclic) bond motifs is 1. The normalized spacial score (nSPS) is 18.1. The molecule has 1 fully saturated rings. The van der Waals surface area contributed by atoms with Gasteiger partial charge in [0.1, 0.15) is 11.4 Å². The van der Waals surface area contributed by atoms with Crippen LogP contribution in [0.3, 0.4) is 0 Å². The SMILES string of the molecule is COc1cccc(C(=O)N2CCC3(CC2)NC(=O)c2ccccc2N3C)c1. The number of benzene rings is 2. The van der Waals surface area contributed by atoms with Gasteiger partial charge in [0.2, 0.25) is 0 Å². The van der Waals surface area contributed by atoms with Crippen LogP contribution in [-0.4, -0.2) is 49.6 Å². The Bertz CT molecular complexity index is 888. The molecule has 0 bridgehead atoms. The summed E-state index contributed by atoms with van der Waals surface area (Å²) in [5.41, 5.74) is 1.81. The minimum absolute atomic E-state index is 0.00561. The van der Waals surface area contributed by atoms with E-state index in [9.17, 15) is 9.59 Å². The van der Waals surface area contributed by atoms with Crippen LogP contribution in [0.1, 0.15) is 33.6 Å². The van der Waals surface area contributed by atoms with Crippen LogP contribution in [0.2, 0.25) is 0 Å². The first-order chi connectivity index (χ1) is 13.0. The van der Waals surface area contributed by atoms with E-state index in [2.05, 4.69) is 10.2 Å². The van der Waals surface area contributed by atoms with E-state index in [0.717, 1.165) is 5.69 Å². The van der Waals surface area contributed by atoms with Crippen LogP contribution < -0.4 is 15.0 Å². The van der Waals surface area contributed by atoms with E-state index >= 15 is 0 Å². The number of nitrogens with zero attached hydrogens (tertiary/aromatic N) is 2. The molecule has 1 N–H and O–H groups in total. The van der Waals surface area contributed by atoms with Crippen molar-refractivity contribution in [2.45, 2.75) is 18.5 Å². The molecule has 0 atom stereocenters. The van der Waals surface area contributed by atoms with Crippen molar-refractivity contribution in [2.75, 3.05) is 32.1 Å². The average Bonchev–Trinajstić information content (AvgIpc) is 2.72. The zero-order valence-electron chi connectivity index (χ0n) is 15.6. The number of hydrogen-bond donors (Lipinski definition) is 1. The largest absolute Gasteiger partial charge is 0.497 e. The van der Waals surface area contributed by atoms with Crippen molar-refractivity contribution >= 4 is 17.5 Å². The average molecular weight is 365 g/mol. The molecule has 0 unspecified atom stereocenters. The third-order valence-corrected chi connectivity index (χ3v) is 5.69. The minimum atomic E-state index is -0.448. The molecule has 0 radical (unpaired) electrons. The molecule has 2 aliphatic rings. The number of para-hydroxylation sites is 1. The lowest BCUT2D eigenvalue weighted by molar-refractivity contribution is 0.0609. The Labute approximate surface area is 158 Å². The summed E-state index contributed by atoms with van der Waals surface area (Å²) in [5, 5.41) is 3.18. The van der Waals surface area contributed by atoms with Crippen LogP contribution in [0.5, 0.6) is 5.75 Å². The van der Waals surface area contributed by atoms with Crippen molar-refractivity contribution in [3.63, 3.8) is 0 Å². The van der Waals surface area contributed by atoms with Crippen molar-refractivity contribution < 1.29 is 14.3 Å². The van der Waals surface area contributed by atoms with Crippen molar-refractivity contribution in [1.82, 2.24) is 10.2 Å². The molecule has 0 saturated carbocycles. The molecule has 140 valence electrons. The topological polar surface area (TPSA) is 61.9 Å². The predicted molar refractivity (Wildman–Crippen MR) is 103 cm³/mol. The van der Waals surface area contributed by atoms with E-state index < -0.39 is 5.66 Å². The second-order valence-electron chi connectivity index (χ2n) is 7.09. The Balaban J connectivity index is 1.52. The van der Waals surface area contributed by atoms with Gasteiger partial charge in [-0.2, -0.15) is 0 Å². The van der Waals surface area contributed by atoms with Gasteiger partial charge in [-0.25, -0.2) is 0 Å². The number of piperidine rings is 1. The molecule has 2 aromatic carbocycles. The van der Waals surface area contributed by atoms with Crippen LogP contribution in [0.25, 0.3) is 0 Å². The lowest BCUT2D eigenvalue weighted by Crippen LogP contribution is -2.67. The molecule has 2 aromatic rings. The number of amides is 2. The lowest BCUT2D eigenvalue weighted by atomic mass is 9.90. The maximum Gasteiger partial charge on any atom is 0.255 e. The van der Waals surface area contributed by atoms with Gasteiger partial charge in [-0.1, -0.05) is 18.2 Å². The maximum absolute atomic E-state index is 12.9. The summed E-state index contributed by atoms with van der Waals surface area (Å²) in [7, 11) is 3.60. The quantitative estimate of drug-likeness (QED) is 0.888. The molecule has 1 spiro atoms. The van der Waals surface area contributed by atoms with E-state index in [1.54, 1.807) is 19.2 Å². The molecule has 2 heterocycles. The zero-order valence-corrected chi connectivity index (χ0v) is 15.6. The van der Waals surface area contributed by atoms with Crippen molar-refractivity contribution in [3.8, 4) is 5.75 Å². The van der Waals surface area contributed by atoms with E-state index in [-0.39, 0.29) is 11.8 Å². The molecule has 6 nitrogen and oxygen atoms in total. The van der Waals surface area contributed by atoms with Gasteiger partial charge >= 0.3 is 0 Å². The molecule has 0 aromatic heterocycles. The molecule has 2 amide bonds. The zero-order chi connectivity index (χ0) is 19.0. The Hall–Kier alpha value is -3.02. The van der Waals surface area contributed by atoms with E-state index in [0.29, 0.717) is 42.8 Å². The number of rotatable bonds is 2. The van der Waals surface area contributed by atoms with Crippen LogP contribution in [-0.2, 0) is 0 Å². The molecular formula is C21H23N3O3. The van der Waals surface area contributed by atoms with Gasteiger partial charge in [-0.3, -0.25) is 9.59 Å². The molecule has 0 aliphatic carbocycles. The van der Waals surface area contributed by atoms with Gasteiger partial charge in [-0.05, 0) is 30.3 Å². The highest BCUT2D eigenvalue weighted by Gasteiger charge is 2.44. The summed E-state index contributed by atoms with van der Waals surface area (Å²) in [5.74, 6) is 0.621. The second kappa shape index (κ2) is 6.61. The Morgan fingerprint density at radius 1 is 1.11 bits per heavy atom. The van der Waals surface area contributed by atoms with Crippen LogP contribution in [0, 0.1) is 0 Å². The number of ether oxygens (including phenoxy) is 1. The predicted octanol–water partition coefficient (Wildman–Crippen LogP) is 2.51. The summed E-state index contributed by atoms with van der Waals surface area (Å²) in [6.07, 6.45) is 1.36. The highest BCUT2D eigenvalue weighted by molar-refractivity contribution is 6.02. The first-order valence-electron chi connectivity index (χ1n) is 9.13. The highest BCUT2D eigenvalue weighted by Crippen LogP contribution is 2.36. The lowest BCUT2D eigenvalue weighted by Gasteiger charge is -2.51. The standard InChI is InChI=1S/C21H23N3O3/c1-23-18-9-4-3-8-17(18)19(25)22-21(23)10-12-24(13-11-21)20(26)15-6-5-7-16(14-15)27-2/h3-9,14H,10-13H2,1-2H3,(H,22,25). The molecule has 6 heteroatoms. The highest BCUT2D eigenvalue weighted by atomic mass is 16.5. The summed E-state index contributed by atoms with van der Waals surface area (Å²) in [4.78, 5) is 29.4. The van der Waals surface area contributed by atoms with E-state index in [1.165, 1.54) is 0 Å². The fourth-order valence-corrected chi connectivity index (χ4v) is 4.03. The number of nitrogens with one attached hydrogen (secondary N) is 1. The summed E-state index contributed by atoms with van der Waals surface area (Å²) >= 11 is 0. The second-order valence-corrected chi connectivity index (χ2v) is 7.09. The number of carbonyl (C=O) groups is 2. The number of anilines is 1. The Morgan fingerprint density at radius 3 is 2.59 bits per heavy atom. The molecule has 1 saturated heterocycles. The number of carbonyl (C=O) groups excluding carboxylic acids is 2. The fraction of sp³-hybridized carbons (Fsp3) is 0.333. The van der Waals surface area contributed by atoms with Crippen molar-refractivity contribution in [2.24, 2.45) is 0 Å². The molecule has 4 rings (SSSR count). The van der Waals surface area contributed by atoms with Gasteiger partial charge in [-0.15, -0.1) is 0 Å². The van der Waals surface area contributed by atoms with Crippen LogP contribution >= 0.6 is 0 Å². The minimum Gasteiger partial charge on any atom is -0.497 e. The van der Waals surface area contributed by atoms with Gasteiger partial charge < -0.3 is 19.9 Å². The monoisotopic (exact) mass is 365 g/mol. The Morgan fingerprint density at radius 2 is 1.85 bits per heavy atom. The van der Waals surface area contributed by atoms with Gasteiger partial charge in [0.25, 0.3) is 11.8 Å². The summed E-state index contributed by atoms with van der Waals surface area (Å²) < 4.78 is 5.22. The van der Waals surface area contributed by atoms with E-state index in [4.69, 9.17) is 4.74 Å². The first kappa shape index (κ1) is 17.4. The summed E-state index contributed by atoms with van der Waals surface area (Å²) in [6.45, 7) is 1.17. The fourth-order valence-electron chi connectivity index (χ4n) is 4.03. The maximum atomic E-state index is 12.9. The van der Waals surface area contributed by atoms with Crippen molar-refractivity contribution in [3.05, 3.63) is 59.7 Å². The van der Waals surface area contributed by atoms with E-state index in [1.807, 2.05) is 48.3 Å². The third kappa shape index (κ3) is 2.91. The van der Waals surface area contributed by atoms with Crippen molar-refractivity contribution in [1.29, 1.82) is 0 Å². The number of hydrogen-bond acceptors (Lipinski definition) is 4. The Kier molecular flexibility index (Phi) is 4.26. The number of likely N-dealkylation sites (tertiary alicyclic amines) is 1. The molecule has 2 aliphatic heterocycles. The summed E-state index contributed by atoms with van der Waals surface area (Å²) in [6, 6.07) is 14.9. The van der Waals surface area contributed by atoms with Crippen LogP contribution in [0.4, 0.5) is 5.69 Å². The smallest absolute Gasteiger partial charge is 0.255 e. The third-order valence-electron chi connectivity index (χ3n) is 5.69. The molecule has 27 heavy (non-hydrogen) atoms. The van der Waals surface area contributed by atoms with Gasteiger partial charge in [0.05, 0.1) is 18.4 Å².